The third kappa shape index (κ3) is 3.71. The summed E-state index contributed by atoms with van der Waals surface area (Å²) >= 11 is 6.32. The van der Waals surface area contributed by atoms with Gasteiger partial charge in [-0.05, 0) is 24.5 Å². The largest absolute Gasteiger partial charge is 0.480 e. The average Bonchev–Trinajstić information content (AvgIpc) is 3.19. The molecule has 2 atom stereocenters. The first-order chi connectivity index (χ1) is 14.1. The van der Waals surface area contributed by atoms with Crippen LogP contribution in [-0.4, -0.2) is 37.9 Å². The number of likely N-dealkylation sites (tertiary alicyclic amines) is 1. The van der Waals surface area contributed by atoms with E-state index < -0.39 is 24.0 Å². The number of nitrogens with zero attached hydrogens (tertiary/aromatic N) is 3. The van der Waals surface area contributed by atoms with Crippen LogP contribution in [0.25, 0.3) is 11.3 Å². The van der Waals surface area contributed by atoms with Gasteiger partial charge in [-0.15, -0.1) is 0 Å². The minimum Gasteiger partial charge on any atom is -0.480 e. The Bertz CT molecular complexity index is 1040. The van der Waals surface area contributed by atoms with Crippen molar-refractivity contribution >= 4 is 23.5 Å². The first kappa shape index (κ1) is 19.1. The lowest BCUT2D eigenvalue weighted by Crippen LogP contribution is -2.42. The molecule has 0 unspecified atom stereocenters. The van der Waals surface area contributed by atoms with Gasteiger partial charge in [0.1, 0.15) is 11.7 Å². The van der Waals surface area contributed by atoms with Crippen molar-refractivity contribution in [3.63, 3.8) is 0 Å². The number of benzene rings is 2. The van der Waals surface area contributed by atoms with Crippen LogP contribution in [-0.2, 0) is 4.79 Å². The Hall–Kier alpha value is -3.25. The van der Waals surface area contributed by atoms with Crippen molar-refractivity contribution in [1.29, 1.82) is 0 Å². The molecule has 1 saturated heterocycles. The van der Waals surface area contributed by atoms with Gasteiger partial charge in [0.2, 0.25) is 0 Å². The van der Waals surface area contributed by atoms with Gasteiger partial charge in [0.15, 0.2) is 0 Å². The number of hydrogen-bond donors (Lipinski definition) is 1. The highest BCUT2D eigenvalue weighted by molar-refractivity contribution is 6.31. The van der Waals surface area contributed by atoms with Crippen molar-refractivity contribution in [2.24, 2.45) is 0 Å². The Balaban J connectivity index is 1.67. The Morgan fingerprint density at radius 2 is 1.69 bits per heavy atom. The number of carboxylic acid groups (broad SMARTS) is 1. The molecule has 0 aliphatic carbocycles. The van der Waals surface area contributed by atoms with Gasteiger partial charge in [-0.25, -0.2) is 9.78 Å². The van der Waals surface area contributed by atoms with Crippen LogP contribution in [0.15, 0.2) is 67.0 Å². The molecule has 1 N–H and O–H groups in total. The molecule has 146 valence electrons. The molecule has 1 amide bonds. The maximum atomic E-state index is 13.2. The van der Waals surface area contributed by atoms with E-state index in [2.05, 4.69) is 9.97 Å². The lowest BCUT2D eigenvalue weighted by molar-refractivity contribution is -0.141. The number of rotatable bonds is 4. The van der Waals surface area contributed by atoms with E-state index >= 15 is 0 Å². The predicted octanol–water partition coefficient (Wildman–Crippen LogP) is 4.23. The van der Waals surface area contributed by atoms with Crippen molar-refractivity contribution in [2.75, 3.05) is 0 Å². The first-order valence-corrected chi connectivity index (χ1v) is 9.61. The molecule has 1 aliphatic rings. The zero-order chi connectivity index (χ0) is 20.4. The van der Waals surface area contributed by atoms with Crippen LogP contribution in [0.4, 0.5) is 0 Å². The summed E-state index contributed by atoms with van der Waals surface area (Å²) < 4.78 is 0. The van der Waals surface area contributed by atoms with Crippen molar-refractivity contribution < 1.29 is 14.7 Å². The summed E-state index contributed by atoms with van der Waals surface area (Å²) in [4.78, 5) is 35.0. The summed E-state index contributed by atoms with van der Waals surface area (Å²) in [6.45, 7) is 0. The molecule has 2 aromatic carbocycles. The van der Waals surface area contributed by atoms with E-state index in [-0.39, 0.29) is 5.69 Å². The Kier molecular flexibility index (Phi) is 5.27. The number of carbonyl (C=O) groups is 2. The van der Waals surface area contributed by atoms with Gasteiger partial charge in [-0.3, -0.25) is 9.78 Å². The zero-order valence-corrected chi connectivity index (χ0v) is 16.2. The van der Waals surface area contributed by atoms with Crippen LogP contribution >= 0.6 is 11.6 Å². The molecule has 3 aromatic rings. The Labute approximate surface area is 172 Å². The van der Waals surface area contributed by atoms with Crippen LogP contribution in [0.1, 0.15) is 34.9 Å². The van der Waals surface area contributed by atoms with E-state index in [1.54, 1.807) is 12.1 Å². The number of carboxylic acids is 1. The second-order valence-electron chi connectivity index (χ2n) is 6.83. The summed E-state index contributed by atoms with van der Waals surface area (Å²) in [5.41, 5.74) is 2.37. The van der Waals surface area contributed by atoms with Gasteiger partial charge >= 0.3 is 5.97 Å². The fourth-order valence-corrected chi connectivity index (χ4v) is 3.98. The Morgan fingerprint density at radius 1 is 0.966 bits per heavy atom. The summed E-state index contributed by atoms with van der Waals surface area (Å²) in [6, 6.07) is 15.3. The summed E-state index contributed by atoms with van der Waals surface area (Å²) in [6.07, 6.45) is 3.79. The molecule has 1 aliphatic heterocycles. The molecule has 4 rings (SSSR count). The number of halogens is 1. The third-order valence-electron chi connectivity index (χ3n) is 5.11. The minimum absolute atomic E-state index is 0.106. The summed E-state index contributed by atoms with van der Waals surface area (Å²) in [5.74, 6) is -1.51. The fourth-order valence-electron chi connectivity index (χ4n) is 3.72. The van der Waals surface area contributed by atoms with E-state index in [9.17, 15) is 14.7 Å². The van der Waals surface area contributed by atoms with Crippen molar-refractivity contribution in [1.82, 2.24) is 14.9 Å². The van der Waals surface area contributed by atoms with E-state index in [4.69, 9.17) is 11.6 Å². The molecule has 1 fully saturated rings. The second-order valence-corrected chi connectivity index (χ2v) is 7.24. The van der Waals surface area contributed by atoms with Gasteiger partial charge in [0.05, 0.1) is 24.1 Å². The summed E-state index contributed by atoms with van der Waals surface area (Å²) in [7, 11) is 0. The quantitative estimate of drug-likeness (QED) is 0.699. The maximum Gasteiger partial charge on any atom is 0.326 e. The molecule has 0 spiro atoms. The zero-order valence-electron chi connectivity index (χ0n) is 15.4. The third-order valence-corrected chi connectivity index (χ3v) is 5.45. The first-order valence-electron chi connectivity index (χ1n) is 9.23. The SMILES string of the molecule is O=C(O)[C@@H]1CC[C@H](c2ccccc2Cl)N1C(=O)c1cnc(-c2ccccc2)cn1. The average molecular weight is 408 g/mol. The number of carbonyl (C=O) groups excluding carboxylic acids is 1. The van der Waals surface area contributed by atoms with Crippen LogP contribution < -0.4 is 0 Å². The molecule has 1 aromatic heterocycles. The molecule has 6 nitrogen and oxygen atoms in total. The van der Waals surface area contributed by atoms with Crippen LogP contribution in [0.3, 0.4) is 0 Å². The van der Waals surface area contributed by atoms with Gasteiger partial charge in [-0.2, -0.15) is 0 Å². The maximum absolute atomic E-state index is 13.2. The van der Waals surface area contributed by atoms with E-state index in [1.807, 2.05) is 42.5 Å². The highest BCUT2D eigenvalue weighted by atomic mass is 35.5. The van der Waals surface area contributed by atoms with Crippen molar-refractivity contribution in [3.05, 3.63) is 83.3 Å². The second kappa shape index (κ2) is 8.01. The molecule has 7 heteroatoms. The van der Waals surface area contributed by atoms with Gasteiger partial charge < -0.3 is 10.0 Å². The lowest BCUT2D eigenvalue weighted by atomic mass is 10.0. The standard InChI is InChI=1S/C22H18ClN3O3/c23-16-9-5-4-8-15(16)19-10-11-20(22(28)29)26(19)21(27)18-13-24-17(12-25-18)14-6-2-1-3-7-14/h1-9,12-13,19-20H,10-11H2,(H,28,29)/t19-,20+/m1/s1. The van der Waals surface area contributed by atoms with E-state index in [0.717, 1.165) is 11.1 Å². The monoisotopic (exact) mass is 407 g/mol. The molecule has 2 heterocycles. The van der Waals surface area contributed by atoms with Crippen molar-refractivity contribution in [3.8, 4) is 11.3 Å². The Morgan fingerprint density at radius 3 is 2.34 bits per heavy atom. The lowest BCUT2D eigenvalue weighted by Gasteiger charge is -2.28. The van der Waals surface area contributed by atoms with Crippen LogP contribution in [0.2, 0.25) is 5.02 Å². The molecule has 29 heavy (non-hydrogen) atoms. The van der Waals surface area contributed by atoms with Crippen LogP contribution in [0.5, 0.6) is 0 Å². The molecule has 0 radical (unpaired) electrons. The number of aliphatic carboxylic acids is 1. The highest BCUT2D eigenvalue weighted by Gasteiger charge is 2.43. The minimum atomic E-state index is -1.04. The van der Waals surface area contributed by atoms with Crippen molar-refractivity contribution in [2.45, 2.75) is 24.9 Å². The highest BCUT2D eigenvalue weighted by Crippen LogP contribution is 2.40. The van der Waals surface area contributed by atoms with Gasteiger partial charge in [0.25, 0.3) is 5.91 Å². The fraction of sp³-hybridized carbons (Fsp3) is 0.182. The topological polar surface area (TPSA) is 83.4 Å². The van der Waals surface area contributed by atoms with Gasteiger partial charge in [0, 0.05) is 10.6 Å². The molecule has 0 bridgehead atoms. The number of amides is 1. The number of aromatic nitrogens is 2. The predicted molar refractivity (Wildman–Crippen MR) is 108 cm³/mol. The molecule has 0 saturated carbocycles. The molecular weight excluding hydrogens is 390 g/mol. The summed E-state index contributed by atoms with van der Waals surface area (Å²) in [5, 5.41) is 10.1. The van der Waals surface area contributed by atoms with Gasteiger partial charge in [-0.1, -0.05) is 60.1 Å². The van der Waals surface area contributed by atoms with Crippen LogP contribution in [0, 0.1) is 0 Å². The normalized spacial score (nSPS) is 18.6. The molecular formula is C22H18ClN3O3. The smallest absolute Gasteiger partial charge is 0.326 e. The van der Waals surface area contributed by atoms with E-state index in [1.165, 1.54) is 17.3 Å². The van der Waals surface area contributed by atoms with E-state index in [0.29, 0.717) is 23.6 Å². The number of hydrogen-bond acceptors (Lipinski definition) is 4.